The molecule has 4 N–H and O–H groups in total. The Bertz CT molecular complexity index is 1360. The van der Waals surface area contributed by atoms with Crippen molar-refractivity contribution in [1.29, 1.82) is 0 Å². The molecule has 0 radical (unpaired) electrons. The third kappa shape index (κ3) is 5.39. The zero-order valence-corrected chi connectivity index (χ0v) is 19.4. The monoisotopic (exact) mass is 470 g/mol. The van der Waals surface area contributed by atoms with Crippen LogP contribution < -0.4 is 15.4 Å². The molecule has 0 spiro atoms. The fourth-order valence-electron chi connectivity index (χ4n) is 3.83. The second-order valence-corrected chi connectivity index (χ2v) is 7.93. The van der Waals surface area contributed by atoms with Crippen LogP contribution in [0.15, 0.2) is 66.7 Å². The third-order valence-corrected chi connectivity index (χ3v) is 5.51. The lowest BCUT2D eigenvalue weighted by Crippen LogP contribution is -2.31. The minimum absolute atomic E-state index is 0.128. The molecule has 0 fully saturated rings. The van der Waals surface area contributed by atoms with Crippen molar-refractivity contribution in [1.82, 2.24) is 15.5 Å². The van der Waals surface area contributed by atoms with Crippen molar-refractivity contribution in [3.05, 3.63) is 89.1 Å². The van der Waals surface area contributed by atoms with E-state index in [0.717, 1.165) is 16.6 Å². The maximum absolute atomic E-state index is 13.2. The zero-order chi connectivity index (χ0) is 24.8. The summed E-state index contributed by atoms with van der Waals surface area (Å²) in [6.07, 6.45) is 3.72. The van der Waals surface area contributed by atoms with Crippen LogP contribution in [0, 0.1) is 0 Å². The summed E-state index contributed by atoms with van der Waals surface area (Å²) >= 11 is 0. The molecule has 1 atom stereocenters. The number of ether oxygens (including phenoxy) is 1. The SMILES string of the molecule is COc1c(C(=O)N[C@H](CO)c2ccccc2)ccc2[nH]nc(/C=C/c3ccc(NC(C)=O)cc3)c12. The van der Waals surface area contributed by atoms with E-state index in [4.69, 9.17) is 4.74 Å². The second kappa shape index (κ2) is 10.7. The molecule has 8 heteroatoms. The number of nitrogens with one attached hydrogen (secondary N) is 3. The molecule has 35 heavy (non-hydrogen) atoms. The van der Waals surface area contributed by atoms with Gasteiger partial charge in [-0.1, -0.05) is 48.5 Å². The van der Waals surface area contributed by atoms with Gasteiger partial charge in [0.15, 0.2) is 0 Å². The number of carbonyl (C=O) groups is 2. The maximum atomic E-state index is 13.2. The van der Waals surface area contributed by atoms with Crippen molar-refractivity contribution in [2.45, 2.75) is 13.0 Å². The highest BCUT2D eigenvalue weighted by atomic mass is 16.5. The molecule has 4 aromatic rings. The number of amides is 2. The van der Waals surface area contributed by atoms with Gasteiger partial charge in [-0.05, 0) is 41.5 Å². The van der Waals surface area contributed by atoms with Gasteiger partial charge in [0, 0.05) is 12.6 Å². The molecule has 0 aliphatic heterocycles. The molecule has 0 bridgehead atoms. The molecule has 0 unspecified atom stereocenters. The van der Waals surface area contributed by atoms with Crippen LogP contribution in [-0.2, 0) is 4.79 Å². The summed E-state index contributed by atoms with van der Waals surface area (Å²) in [5.74, 6) is -0.104. The number of aromatic amines is 1. The summed E-state index contributed by atoms with van der Waals surface area (Å²) in [4.78, 5) is 24.3. The van der Waals surface area contributed by atoms with Gasteiger partial charge in [-0.15, -0.1) is 0 Å². The number of nitrogens with zero attached hydrogens (tertiary/aromatic N) is 1. The van der Waals surface area contributed by atoms with Gasteiger partial charge in [-0.25, -0.2) is 0 Å². The van der Waals surface area contributed by atoms with Gasteiger partial charge < -0.3 is 20.5 Å². The summed E-state index contributed by atoms with van der Waals surface area (Å²) in [6, 6.07) is 19.6. The molecule has 0 aliphatic rings. The molecule has 1 aromatic heterocycles. The summed E-state index contributed by atoms with van der Waals surface area (Å²) in [5.41, 5.74) is 4.11. The van der Waals surface area contributed by atoms with Gasteiger partial charge in [0.2, 0.25) is 5.91 Å². The van der Waals surface area contributed by atoms with E-state index in [-0.39, 0.29) is 18.4 Å². The average Bonchev–Trinajstić information content (AvgIpc) is 3.29. The number of hydrogen-bond donors (Lipinski definition) is 4. The van der Waals surface area contributed by atoms with E-state index in [1.54, 1.807) is 12.1 Å². The van der Waals surface area contributed by atoms with E-state index in [2.05, 4.69) is 20.8 Å². The van der Waals surface area contributed by atoms with Crippen molar-refractivity contribution in [3.8, 4) is 5.75 Å². The number of anilines is 1. The van der Waals surface area contributed by atoms with Crippen LogP contribution in [0.5, 0.6) is 5.75 Å². The van der Waals surface area contributed by atoms with Gasteiger partial charge in [0.1, 0.15) is 5.75 Å². The number of methoxy groups -OCH3 is 1. The molecule has 4 rings (SSSR count). The first-order valence-electron chi connectivity index (χ1n) is 11.1. The normalized spacial score (nSPS) is 12.0. The highest BCUT2D eigenvalue weighted by Gasteiger charge is 2.21. The Balaban J connectivity index is 1.62. The molecule has 0 aliphatic carbocycles. The largest absolute Gasteiger partial charge is 0.495 e. The standard InChI is InChI=1S/C27H26N4O4/c1-17(33)28-20-11-8-18(9-12-20)10-14-22-25-23(31-30-22)15-13-21(26(25)35-2)27(34)29-24(16-32)19-6-4-3-5-7-19/h3-15,24,32H,16H2,1-2H3,(H,28,33)(H,29,34)(H,30,31)/b14-10+/t24-/m1/s1. The first-order chi connectivity index (χ1) is 17.0. The van der Waals surface area contributed by atoms with Gasteiger partial charge >= 0.3 is 0 Å². The Morgan fingerprint density at radius 1 is 1.06 bits per heavy atom. The van der Waals surface area contributed by atoms with Crippen molar-refractivity contribution in [2.24, 2.45) is 0 Å². The molecule has 0 saturated carbocycles. The molecule has 8 nitrogen and oxygen atoms in total. The quantitative estimate of drug-likeness (QED) is 0.309. The van der Waals surface area contributed by atoms with Gasteiger partial charge in [-0.3, -0.25) is 14.7 Å². The van der Waals surface area contributed by atoms with Crippen molar-refractivity contribution >= 4 is 40.6 Å². The van der Waals surface area contributed by atoms with Gasteiger partial charge in [0.05, 0.1) is 41.9 Å². The molecule has 178 valence electrons. The minimum Gasteiger partial charge on any atom is -0.495 e. The Morgan fingerprint density at radius 3 is 2.46 bits per heavy atom. The predicted octanol–water partition coefficient (Wildman–Crippen LogP) is 4.16. The maximum Gasteiger partial charge on any atom is 0.255 e. The molecule has 0 saturated heterocycles. The number of aliphatic hydroxyl groups excluding tert-OH is 1. The Kier molecular flexibility index (Phi) is 7.23. The first-order valence-corrected chi connectivity index (χ1v) is 11.1. The highest BCUT2D eigenvalue weighted by molar-refractivity contribution is 6.05. The summed E-state index contributed by atoms with van der Waals surface area (Å²) in [6.45, 7) is 1.23. The zero-order valence-electron chi connectivity index (χ0n) is 19.4. The summed E-state index contributed by atoms with van der Waals surface area (Å²) in [5, 5.41) is 23.5. The predicted molar refractivity (Wildman–Crippen MR) is 136 cm³/mol. The number of carbonyl (C=O) groups excluding carboxylic acids is 2. The van der Waals surface area contributed by atoms with Crippen molar-refractivity contribution in [3.63, 3.8) is 0 Å². The summed E-state index contributed by atoms with van der Waals surface area (Å²) in [7, 11) is 1.51. The topological polar surface area (TPSA) is 116 Å². The lowest BCUT2D eigenvalue weighted by atomic mass is 10.0. The second-order valence-electron chi connectivity index (χ2n) is 7.93. The number of aromatic nitrogens is 2. The van der Waals surface area contributed by atoms with Crippen molar-refractivity contribution < 1.29 is 19.4 Å². The average molecular weight is 471 g/mol. The Hall–Kier alpha value is -4.43. The lowest BCUT2D eigenvalue weighted by molar-refractivity contribution is -0.114. The van der Waals surface area contributed by atoms with Crippen LogP contribution in [0.25, 0.3) is 23.1 Å². The molecular weight excluding hydrogens is 444 g/mol. The third-order valence-electron chi connectivity index (χ3n) is 5.51. The number of benzene rings is 3. The van der Waals surface area contributed by atoms with E-state index in [9.17, 15) is 14.7 Å². The van der Waals surface area contributed by atoms with E-state index < -0.39 is 6.04 Å². The smallest absolute Gasteiger partial charge is 0.255 e. The Labute approximate surface area is 202 Å². The van der Waals surface area contributed by atoms with E-state index in [0.29, 0.717) is 28.1 Å². The van der Waals surface area contributed by atoms with Crippen molar-refractivity contribution in [2.75, 3.05) is 19.0 Å². The van der Waals surface area contributed by atoms with E-state index in [1.165, 1.54) is 14.0 Å². The van der Waals surface area contributed by atoms with Gasteiger partial charge in [-0.2, -0.15) is 5.10 Å². The van der Waals surface area contributed by atoms with Gasteiger partial charge in [0.25, 0.3) is 5.91 Å². The number of rotatable bonds is 8. The van der Waals surface area contributed by atoms with Crippen LogP contribution in [0.3, 0.4) is 0 Å². The van der Waals surface area contributed by atoms with E-state index >= 15 is 0 Å². The number of aliphatic hydroxyl groups is 1. The van der Waals surface area contributed by atoms with Crippen LogP contribution >= 0.6 is 0 Å². The number of H-pyrrole nitrogens is 1. The fourth-order valence-corrected chi connectivity index (χ4v) is 3.83. The van der Waals surface area contributed by atoms with Crippen LogP contribution in [-0.4, -0.2) is 40.8 Å². The molecular formula is C27H26N4O4. The Morgan fingerprint density at radius 2 is 1.80 bits per heavy atom. The first kappa shape index (κ1) is 23.7. The molecule has 3 aromatic carbocycles. The highest BCUT2D eigenvalue weighted by Crippen LogP contribution is 2.32. The minimum atomic E-state index is -0.548. The number of fused-ring (bicyclic) bond motifs is 1. The van der Waals surface area contributed by atoms with Crippen LogP contribution in [0.1, 0.15) is 40.1 Å². The summed E-state index contributed by atoms with van der Waals surface area (Å²) < 4.78 is 5.65. The van der Waals surface area contributed by atoms with Crippen LogP contribution in [0.4, 0.5) is 5.69 Å². The molecule has 2 amide bonds. The fraction of sp³-hybridized carbons (Fsp3) is 0.148. The molecule has 1 heterocycles. The van der Waals surface area contributed by atoms with Crippen LogP contribution in [0.2, 0.25) is 0 Å². The number of hydrogen-bond acceptors (Lipinski definition) is 5. The lowest BCUT2D eigenvalue weighted by Gasteiger charge is -2.18. The van der Waals surface area contributed by atoms with E-state index in [1.807, 2.05) is 66.7 Å².